The highest BCUT2D eigenvalue weighted by Gasteiger charge is 2.25. The summed E-state index contributed by atoms with van der Waals surface area (Å²) < 4.78 is 0. The summed E-state index contributed by atoms with van der Waals surface area (Å²) in [6.07, 6.45) is 1.86. The van der Waals surface area contributed by atoms with Crippen molar-refractivity contribution in [2.75, 3.05) is 0 Å². The number of halogens is 1. The van der Waals surface area contributed by atoms with E-state index in [1.807, 2.05) is 18.3 Å². The topological polar surface area (TPSA) is 12.9 Å². The van der Waals surface area contributed by atoms with E-state index in [1.165, 1.54) is 11.1 Å². The van der Waals surface area contributed by atoms with Crippen LogP contribution in [0.25, 0.3) is 0 Å². The largest absolute Gasteiger partial charge is 0.261 e. The summed E-state index contributed by atoms with van der Waals surface area (Å²) in [6, 6.07) is 14.8. The minimum atomic E-state index is 0.145. The normalized spacial score (nSPS) is 14.8. The summed E-state index contributed by atoms with van der Waals surface area (Å²) in [5.41, 5.74) is 4.02. The van der Waals surface area contributed by atoms with Crippen molar-refractivity contribution in [3.05, 3.63) is 65.5 Å². The molecule has 2 heteroatoms. The molecule has 0 bridgehead atoms. The van der Waals surface area contributed by atoms with Crippen LogP contribution in [-0.4, -0.2) is 4.98 Å². The van der Waals surface area contributed by atoms with Gasteiger partial charge in [-0.1, -0.05) is 74.0 Å². The molecule has 0 amide bonds. The Balaban J connectivity index is 2.37. The fourth-order valence-corrected chi connectivity index (χ4v) is 3.16. The summed E-state index contributed by atoms with van der Waals surface area (Å²) >= 11 is 3.89. The standard InChI is InChI=1S/C18H22BrN/c1-13(16-11-7-8-12-20-16)17(19)14-9-5-6-10-15(14)18(2,3)4/h5-13,17H,1-4H3. The van der Waals surface area contributed by atoms with Gasteiger partial charge in [0.2, 0.25) is 0 Å². The minimum Gasteiger partial charge on any atom is -0.261 e. The third-order valence-electron chi connectivity index (χ3n) is 3.66. The molecule has 2 unspecified atom stereocenters. The molecule has 0 saturated carbocycles. The van der Waals surface area contributed by atoms with Gasteiger partial charge in [-0.15, -0.1) is 0 Å². The van der Waals surface area contributed by atoms with Crippen LogP contribution in [0.3, 0.4) is 0 Å². The predicted octanol–water partition coefficient (Wildman–Crippen LogP) is 5.62. The van der Waals surface area contributed by atoms with Crippen molar-refractivity contribution in [1.82, 2.24) is 4.98 Å². The molecule has 20 heavy (non-hydrogen) atoms. The minimum absolute atomic E-state index is 0.145. The van der Waals surface area contributed by atoms with E-state index in [0.29, 0.717) is 5.92 Å². The van der Waals surface area contributed by atoms with Crippen molar-refractivity contribution < 1.29 is 0 Å². The van der Waals surface area contributed by atoms with Gasteiger partial charge in [0.05, 0.1) is 0 Å². The van der Waals surface area contributed by atoms with Gasteiger partial charge in [0, 0.05) is 22.6 Å². The van der Waals surface area contributed by atoms with Crippen molar-refractivity contribution in [3.63, 3.8) is 0 Å². The van der Waals surface area contributed by atoms with E-state index < -0.39 is 0 Å². The van der Waals surface area contributed by atoms with Crippen LogP contribution >= 0.6 is 15.9 Å². The van der Waals surface area contributed by atoms with Gasteiger partial charge in [0.1, 0.15) is 0 Å². The SMILES string of the molecule is CC(c1ccccn1)C(Br)c1ccccc1C(C)(C)C. The number of pyridine rings is 1. The number of aromatic nitrogens is 1. The third-order valence-corrected chi connectivity index (χ3v) is 4.95. The Labute approximate surface area is 130 Å². The van der Waals surface area contributed by atoms with Crippen molar-refractivity contribution >= 4 is 15.9 Å². The summed E-state index contributed by atoms with van der Waals surface area (Å²) in [5, 5.41) is 0. The number of hydrogen-bond acceptors (Lipinski definition) is 1. The van der Waals surface area contributed by atoms with E-state index in [2.05, 4.69) is 78.9 Å². The molecule has 106 valence electrons. The molecule has 1 aromatic carbocycles. The third kappa shape index (κ3) is 3.29. The Morgan fingerprint density at radius 1 is 1.00 bits per heavy atom. The van der Waals surface area contributed by atoms with E-state index in [4.69, 9.17) is 0 Å². The zero-order valence-corrected chi connectivity index (χ0v) is 14.2. The summed E-state index contributed by atoms with van der Waals surface area (Å²) in [4.78, 5) is 4.76. The maximum absolute atomic E-state index is 4.49. The molecule has 0 aliphatic heterocycles. The van der Waals surface area contributed by atoms with Crippen LogP contribution in [0.2, 0.25) is 0 Å². The lowest BCUT2D eigenvalue weighted by atomic mass is 9.81. The molecule has 0 aliphatic carbocycles. The molecule has 2 aromatic rings. The summed E-state index contributed by atoms with van der Waals surface area (Å²) in [6.45, 7) is 9.01. The van der Waals surface area contributed by atoms with Crippen molar-refractivity contribution in [2.45, 2.75) is 43.9 Å². The van der Waals surface area contributed by atoms with Crippen LogP contribution in [0.1, 0.15) is 55.3 Å². The molecular weight excluding hydrogens is 310 g/mol. The highest BCUT2D eigenvalue weighted by Crippen LogP contribution is 2.41. The number of rotatable bonds is 3. The van der Waals surface area contributed by atoms with Gasteiger partial charge >= 0.3 is 0 Å². The Kier molecular flexibility index (Phi) is 4.64. The molecule has 2 atom stereocenters. The Hall–Kier alpha value is -1.15. The lowest BCUT2D eigenvalue weighted by molar-refractivity contribution is 0.575. The van der Waals surface area contributed by atoms with Crippen LogP contribution in [-0.2, 0) is 5.41 Å². The van der Waals surface area contributed by atoms with Gasteiger partial charge in [-0.2, -0.15) is 0 Å². The van der Waals surface area contributed by atoms with E-state index in [1.54, 1.807) is 0 Å². The quantitative estimate of drug-likeness (QED) is 0.665. The fraction of sp³-hybridized carbons (Fsp3) is 0.389. The Morgan fingerprint density at radius 3 is 2.25 bits per heavy atom. The lowest BCUT2D eigenvalue weighted by Gasteiger charge is -2.27. The summed E-state index contributed by atoms with van der Waals surface area (Å²) in [5.74, 6) is 0.333. The first-order valence-corrected chi connectivity index (χ1v) is 7.97. The monoisotopic (exact) mass is 331 g/mol. The molecule has 0 spiro atoms. The fourth-order valence-electron chi connectivity index (χ4n) is 2.49. The number of nitrogens with zero attached hydrogens (tertiary/aromatic N) is 1. The second-order valence-electron chi connectivity index (χ2n) is 6.28. The van der Waals surface area contributed by atoms with Crippen LogP contribution in [0.5, 0.6) is 0 Å². The summed E-state index contributed by atoms with van der Waals surface area (Å²) in [7, 11) is 0. The molecule has 0 fully saturated rings. The van der Waals surface area contributed by atoms with Crippen LogP contribution in [0, 0.1) is 0 Å². The number of alkyl halides is 1. The van der Waals surface area contributed by atoms with Crippen LogP contribution in [0.15, 0.2) is 48.7 Å². The van der Waals surface area contributed by atoms with E-state index in [-0.39, 0.29) is 10.2 Å². The molecule has 2 rings (SSSR count). The van der Waals surface area contributed by atoms with Crippen molar-refractivity contribution in [2.24, 2.45) is 0 Å². The zero-order valence-electron chi connectivity index (χ0n) is 12.6. The highest BCUT2D eigenvalue weighted by molar-refractivity contribution is 9.09. The van der Waals surface area contributed by atoms with E-state index >= 15 is 0 Å². The van der Waals surface area contributed by atoms with Crippen molar-refractivity contribution in [3.8, 4) is 0 Å². The average Bonchev–Trinajstić information content (AvgIpc) is 2.46. The van der Waals surface area contributed by atoms with Gasteiger partial charge in [-0.3, -0.25) is 4.98 Å². The second-order valence-corrected chi connectivity index (χ2v) is 7.27. The molecule has 0 saturated heterocycles. The highest BCUT2D eigenvalue weighted by atomic mass is 79.9. The van der Waals surface area contributed by atoms with Gasteiger partial charge < -0.3 is 0 Å². The Morgan fingerprint density at radius 2 is 1.65 bits per heavy atom. The van der Waals surface area contributed by atoms with Gasteiger partial charge in [-0.25, -0.2) is 0 Å². The van der Waals surface area contributed by atoms with Gasteiger partial charge in [0.15, 0.2) is 0 Å². The van der Waals surface area contributed by atoms with Crippen LogP contribution < -0.4 is 0 Å². The van der Waals surface area contributed by atoms with Gasteiger partial charge in [-0.05, 0) is 28.7 Å². The van der Waals surface area contributed by atoms with Crippen LogP contribution in [0.4, 0.5) is 0 Å². The molecule has 0 aliphatic rings. The first-order chi connectivity index (χ1) is 9.41. The average molecular weight is 332 g/mol. The lowest BCUT2D eigenvalue weighted by Crippen LogP contribution is -2.16. The maximum Gasteiger partial charge on any atom is 0.0479 e. The smallest absolute Gasteiger partial charge is 0.0479 e. The van der Waals surface area contributed by atoms with E-state index in [0.717, 1.165) is 5.69 Å². The van der Waals surface area contributed by atoms with Gasteiger partial charge in [0.25, 0.3) is 0 Å². The molecule has 1 heterocycles. The predicted molar refractivity (Wildman–Crippen MR) is 89.5 cm³/mol. The first-order valence-electron chi connectivity index (χ1n) is 7.05. The maximum atomic E-state index is 4.49. The Bertz CT molecular complexity index is 557. The van der Waals surface area contributed by atoms with Crippen molar-refractivity contribution in [1.29, 1.82) is 0 Å². The first kappa shape index (κ1) is 15.2. The zero-order chi connectivity index (χ0) is 14.8. The van der Waals surface area contributed by atoms with E-state index in [9.17, 15) is 0 Å². The molecule has 0 N–H and O–H groups in total. The number of hydrogen-bond donors (Lipinski definition) is 0. The molecular formula is C18H22BrN. The molecule has 1 nitrogen and oxygen atoms in total. The second kappa shape index (κ2) is 6.09. The molecule has 0 radical (unpaired) electrons. The molecule has 1 aromatic heterocycles. The number of benzene rings is 1.